The molecule has 0 aromatic rings. The molecule has 0 radical (unpaired) electrons. The molecule has 0 amide bonds. The van der Waals surface area contributed by atoms with E-state index in [1.165, 1.54) is 20.8 Å². The second kappa shape index (κ2) is 5.49. The molecular formula is C12H18O4. The van der Waals surface area contributed by atoms with Crippen LogP contribution in [-0.2, 0) is 19.1 Å². The first-order valence-electron chi connectivity index (χ1n) is 4.99. The number of ether oxygens (including phenoxy) is 2. The lowest BCUT2D eigenvalue weighted by molar-refractivity contribution is -0.218. The van der Waals surface area contributed by atoms with Gasteiger partial charge in [0.2, 0.25) is 0 Å². The van der Waals surface area contributed by atoms with E-state index in [4.69, 9.17) is 9.47 Å². The van der Waals surface area contributed by atoms with E-state index in [9.17, 15) is 9.59 Å². The van der Waals surface area contributed by atoms with Gasteiger partial charge in [0.25, 0.3) is 5.79 Å². The second-order valence-electron chi connectivity index (χ2n) is 3.83. The molecule has 0 atom stereocenters. The van der Waals surface area contributed by atoms with Gasteiger partial charge < -0.3 is 9.47 Å². The summed E-state index contributed by atoms with van der Waals surface area (Å²) in [6.45, 7) is 13.2. The number of hydrogen-bond donors (Lipinski definition) is 0. The lowest BCUT2D eigenvalue weighted by Gasteiger charge is -2.28. The van der Waals surface area contributed by atoms with Crippen LogP contribution in [0.2, 0.25) is 0 Å². The molecule has 0 unspecified atom stereocenters. The van der Waals surface area contributed by atoms with Crippen LogP contribution in [0.5, 0.6) is 0 Å². The van der Waals surface area contributed by atoms with Crippen LogP contribution in [0.15, 0.2) is 24.3 Å². The maximum Gasteiger partial charge on any atom is 0.336 e. The molecule has 4 heteroatoms. The second-order valence-corrected chi connectivity index (χ2v) is 3.83. The summed E-state index contributed by atoms with van der Waals surface area (Å²) in [7, 11) is 0. The Kier molecular flexibility index (Phi) is 4.95. The number of carbonyl (C=O) groups excluding carboxylic acids is 2. The first-order chi connectivity index (χ1) is 7.22. The smallest absolute Gasteiger partial charge is 0.336 e. The van der Waals surface area contributed by atoms with Crippen molar-refractivity contribution in [1.82, 2.24) is 0 Å². The molecule has 16 heavy (non-hydrogen) atoms. The van der Waals surface area contributed by atoms with E-state index in [1.54, 1.807) is 6.92 Å². The van der Waals surface area contributed by atoms with Crippen molar-refractivity contribution in [3.05, 3.63) is 24.3 Å². The van der Waals surface area contributed by atoms with Crippen LogP contribution < -0.4 is 0 Å². The Hall–Kier alpha value is -1.58. The van der Waals surface area contributed by atoms with E-state index in [1.807, 2.05) is 0 Å². The monoisotopic (exact) mass is 226 g/mol. The molecule has 0 saturated carbocycles. The summed E-state index contributed by atoms with van der Waals surface area (Å²) in [5.41, 5.74) is 0.511. The number of rotatable bonds is 5. The van der Waals surface area contributed by atoms with E-state index >= 15 is 0 Å². The average Bonchev–Trinajstić information content (AvgIpc) is 2.17. The Morgan fingerprint density at radius 1 is 1.06 bits per heavy atom. The van der Waals surface area contributed by atoms with Gasteiger partial charge in [0, 0.05) is 24.5 Å². The topological polar surface area (TPSA) is 52.6 Å². The maximum atomic E-state index is 11.3. The lowest BCUT2D eigenvalue weighted by atomic mass is 10.2. The molecular weight excluding hydrogens is 208 g/mol. The Morgan fingerprint density at radius 3 is 1.56 bits per heavy atom. The Balaban J connectivity index is 4.66. The fraction of sp³-hybridized carbons (Fsp3) is 0.500. The largest absolute Gasteiger partial charge is 0.419 e. The lowest BCUT2D eigenvalue weighted by Crippen LogP contribution is -2.36. The van der Waals surface area contributed by atoms with Crippen molar-refractivity contribution in [1.29, 1.82) is 0 Å². The van der Waals surface area contributed by atoms with Gasteiger partial charge in [-0.1, -0.05) is 20.1 Å². The van der Waals surface area contributed by atoms with Crippen molar-refractivity contribution in [2.24, 2.45) is 0 Å². The van der Waals surface area contributed by atoms with Crippen LogP contribution in [0.4, 0.5) is 0 Å². The number of carbonyl (C=O) groups is 2. The van der Waals surface area contributed by atoms with E-state index in [-0.39, 0.29) is 11.1 Å². The van der Waals surface area contributed by atoms with Crippen molar-refractivity contribution in [3.8, 4) is 0 Å². The van der Waals surface area contributed by atoms with Crippen molar-refractivity contribution in [2.45, 2.75) is 39.9 Å². The summed E-state index contributed by atoms with van der Waals surface area (Å²) in [6.07, 6.45) is 0.352. The highest BCUT2D eigenvalue weighted by atomic mass is 16.7. The van der Waals surface area contributed by atoms with Crippen molar-refractivity contribution in [2.75, 3.05) is 0 Å². The normalized spacial score (nSPS) is 10.5. The molecule has 0 saturated heterocycles. The van der Waals surface area contributed by atoms with Gasteiger partial charge in [0.15, 0.2) is 0 Å². The zero-order chi connectivity index (χ0) is 12.9. The van der Waals surface area contributed by atoms with E-state index in [2.05, 4.69) is 13.2 Å². The fourth-order valence-corrected chi connectivity index (χ4v) is 0.732. The highest BCUT2D eigenvalue weighted by Gasteiger charge is 2.31. The van der Waals surface area contributed by atoms with Gasteiger partial charge >= 0.3 is 11.9 Å². The molecule has 0 aromatic carbocycles. The molecule has 0 spiro atoms. The minimum atomic E-state index is -1.27. The molecule has 0 heterocycles. The Bertz CT molecular complexity index is 300. The van der Waals surface area contributed by atoms with Crippen molar-refractivity contribution in [3.63, 3.8) is 0 Å². The van der Waals surface area contributed by atoms with E-state index in [0.717, 1.165) is 0 Å². The van der Waals surface area contributed by atoms with Crippen molar-refractivity contribution >= 4 is 11.9 Å². The first-order valence-corrected chi connectivity index (χ1v) is 4.99. The molecule has 4 nitrogen and oxygen atoms in total. The molecule has 0 aliphatic carbocycles. The summed E-state index contributed by atoms with van der Waals surface area (Å²) in [4.78, 5) is 22.7. The molecule has 0 fully saturated rings. The molecule has 0 aliphatic rings. The third-order valence-corrected chi connectivity index (χ3v) is 1.96. The predicted molar refractivity (Wildman–Crippen MR) is 60.5 cm³/mol. The summed E-state index contributed by atoms with van der Waals surface area (Å²) in [6, 6.07) is 0. The predicted octanol–water partition coefficient (Wildman–Crippen LogP) is 2.35. The highest BCUT2D eigenvalue weighted by molar-refractivity contribution is 5.89. The third-order valence-electron chi connectivity index (χ3n) is 1.96. The van der Waals surface area contributed by atoms with Gasteiger partial charge in [0.1, 0.15) is 0 Å². The SMILES string of the molecule is C=C(C)C(=O)OC(C)(CC)OC(=O)C(=C)C. The maximum absolute atomic E-state index is 11.3. The summed E-state index contributed by atoms with van der Waals surface area (Å²) in [5, 5.41) is 0. The molecule has 0 aliphatic heterocycles. The molecule has 0 N–H and O–H groups in total. The van der Waals surface area contributed by atoms with Crippen molar-refractivity contribution < 1.29 is 19.1 Å². The third kappa shape index (κ3) is 4.29. The van der Waals surface area contributed by atoms with Gasteiger partial charge in [-0.05, 0) is 13.8 Å². The Labute approximate surface area is 95.9 Å². The van der Waals surface area contributed by atoms with Crippen LogP contribution in [0, 0.1) is 0 Å². The van der Waals surface area contributed by atoms with E-state index in [0.29, 0.717) is 6.42 Å². The van der Waals surface area contributed by atoms with Gasteiger partial charge in [-0.3, -0.25) is 0 Å². The average molecular weight is 226 g/mol. The zero-order valence-corrected chi connectivity index (χ0v) is 10.3. The summed E-state index contributed by atoms with van der Waals surface area (Å²) >= 11 is 0. The van der Waals surface area contributed by atoms with Crippen LogP contribution in [-0.4, -0.2) is 17.7 Å². The minimum absolute atomic E-state index is 0.256. The van der Waals surface area contributed by atoms with Gasteiger partial charge in [-0.2, -0.15) is 0 Å². The molecule has 0 bridgehead atoms. The number of esters is 2. The number of hydrogen-bond acceptors (Lipinski definition) is 4. The van der Waals surface area contributed by atoms with Crippen LogP contribution in [0.3, 0.4) is 0 Å². The van der Waals surface area contributed by atoms with Gasteiger partial charge in [-0.15, -0.1) is 0 Å². The zero-order valence-electron chi connectivity index (χ0n) is 10.3. The highest BCUT2D eigenvalue weighted by Crippen LogP contribution is 2.20. The minimum Gasteiger partial charge on any atom is -0.419 e. The summed E-state index contributed by atoms with van der Waals surface area (Å²) < 4.78 is 10.1. The van der Waals surface area contributed by atoms with Gasteiger partial charge in [0.05, 0.1) is 0 Å². The Morgan fingerprint density at radius 2 is 1.38 bits per heavy atom. The van der Waals surface area contributed by atoms with E-state index < -0.39 is 17.7 Å². The van der Waals surface area contributed by atoms with Gasteiger partial charge in [-0.25, -0.2) is 9.59 Å². The molecule has 90 valence electrons. The van der Waals surface area contributed by atoms with Crippen LogP contribution >= 0.6 is 0 Å². The standard InChI is InChI=1S/C12H18O4/c1-7-12(6,15-10(13)8(2)3)16-11(14)9(4)5/h2,4,7H2,1,3,5-6H3. The molecule has 0 aromatic heterocycles. The van der Waals surface area contributed by atoms with Crippen LogP contribution in [0.25, 0.3) is 0 Å². The summed E-state index contributed by atoms with van der Waals surface area (Å²) in [5.74, 6) is -2.44. The molecule has 0 rings (SSSR count). The van der Waals surface area contributed by atoms with Crippen LogP contribution in [0.1, 0.15) is 34.1 Å². The quantitative estimate of drug-likeness (QED) is 0.410. The first kappa shape index (κ1) is 14.4. The fourth-order valence-electron chi connectivity index (χ4n) is 0.732.